The second kappa shape index (κ2) is 9.08. The molecule has 3 fully saturated rings. The minimum atomic E-state index is -0.326. The number of anilines is 1. The molecule has 166 valence electrons. The fourth-order valence-electron chi connectivity index (χ4n) is 4.98. The first-order valence-corrected chi connectivity index (χ1v) is 11.2. The van der Waals surface area contributed by atoms with Gasteiger partial charge in [-0.3, -0.25) is 19.2 Å². The third kappa shape index (κ3) is 4.57. The maximum atomic E-state index is 13.0. The number of para-hydroxylation sites is 1. The van der Waals surface area contributed by atoms with Gasteiger partial charge in [0.2, 0.25) is 23.6 Å². The van der Waals surface area contributed by atoms with Crippen molar-refractivity contribution in [1.82, 2.24) is 9.80 Å². The molecule has 2 N–H and O–H groups in total. The SMILES string of the molecule is NC(=O)C1CCN(C(=O)C2CCN(C(=O)[C@@H]3CC(=O)N(c4ccccc4)C3)CC2)CC1. The molecule has 1 aromatic rings. The lowest BCUT2D eigenvalue weighted by Gasteiger charge is -2.37. The number of carbonyl (C=O) groups excluding carboxylic acids is 4. The molecule has 0 radical (unpaired) electrons. The van der Waals surface area contributed by atoms with Gasteiger partial charge in [0.1, 0.15) is 0 Å². The van der Waals surface area contributed by atoms with Crippen LogP contribution in [0.4, 0.5) is 5.69 Å². The molecule has 3 saturated heterocycles. The van der Waals surface area contributed by atoms with E-state index in [0.717, 1.165) is 5.69 Å². The molecule has 31 heavy (non-hydrogen) atoms. The van der Waals surface area contributed by atoms with E-state index < -0.39 is 0 Å². The van der Waals surface area contributed by atoms with Crippen molar-refractivity contribution >= 4 is 29.3 Å². The van der Waals surface area contributed by atoms with Crippen molar-refractivity contribution < 1.29 is 19.2 Å². The first-order valence-electron chi connectivity index (χ1n) is 11.2. The molecule has 4 amide bonds. The molecule has 0 aliphatic carbocycles. The van der Waals surface area contributed by atoms with Crippen LogP contribution in [-0.4, -0.2) is 66.2 Å². The first-order chi connectivity index (χ1) is 14.9. The van der Waals surface area contributed by atoms with E-state index in [1.54, 1.807) is 4.90 Å². The molecule has 0 aromatic heterocycles. The average molecular weight is 427 g/mol. The molecule has 3 aliphatic rings. The van der Waals surface area contributed by atoms with Gasteiger partial charge in [-0.1, -0.05) is 18.2 Å². The molecule has 4 rings (SSSR count). The van der Waals surface area contributed by atoms with Crippen LogP contribution >= 0.6 is 0 Å². The smallest absolute Gasteiger partial charge is 0.228 e. The molecular weight excluding hydrogens is 396 g/mol. The number of nitrogens with two attached hydrogens (primary N) is 1. The van der Waals surface area contributed by atoms with Crippen LogP contribution in [0.15, 0.2) is 30.3 Å². The number of hydrogen-bond donors (Lipinski definition) is 1. The quantitative estimate of drug-likeness (QED) is 0.776. The van der Waals surface area contributed by atoms with E-state index in [4.69, 9.17) is 5.73 Å². The molecule has 8 nitrogen and oxygen atoms in total. The highest BCUT2D eigenvalue weighted by Gasteiger charge is 2.39. The van der Waals surface area contributed by atoms with Gasteiger partial charge in [0.05, 0.1) is 5.92 Å². The number of nitrogens with zero attached hydrogens (tertiary/aromatic N) is 3. The molecule has 0 unspecified atom stereocenters. The Morgan fingerprint density at radius 3 is 1.84 bits per heavy atom. The number of benzene rings is 1. The van der Waals surface area contributed by atoms with Gasteiger partial charge in [0, 0.05) is 56.7 Å². The summed E-state index contributed by atoms with van der Waals surface area (Å²) in [6.07, 6.45) is 2.78. The molecule has 0 bridgehead atoms. The Labute approximate surface area is 182 Å². The van der Waals surface area contributed by atoms with E-state index in [1.165, 1.54) is 0 Å². The second-order valence-corrected chi connectivity index (χ2v) is 8.84. The summed E-state index contributed by atoms with van der Waals surface area (Å²) in [5.74, 6) is -0.702. The normalized spacial score (nSPS) is 23.3. The van der Waals surface area contributed by atoms with Crippen molar-refractivity contribution in [2.45, 2.75) is 32.1 Å². The van der Waals surface area contributed by atoms with E-state index in [2.05, 4.69) is 0 Å². The monoisotopic (exact) mass is 426 g/mol. The molecular formula is C23H30N4O4. The molecule has 3 heterocycles. The van der Waals surface area contributed by atoms with Crippen LogP contribution in [-0.2, 0) is 19.2 Å². The van der Waals surface area contributed by atoms with Crippen molar-refractivity contribution in [2.24, 2.45) is 23.5 Å². The lowest BCUT2D eigenvalue weighted by molar-refractivity contribution is -0.143. The van der Waals surface area contributed by atoms with Gasteiger partial charge in [0.25, 0.3) is 0 Å². The minimum absolute atomic E-state index is 0.0138. The van der Waals surface area contributed by atoms with Gasteiger partial charge in [-0.2, -0.15) is 0 Å². The summed E-state index contributed by atoms with van der Waals surface area (Å²) in [4.78, 5) is 55.0. The minimum Gasteiger partial charge on any atom is -0.369 e. The molecule has 0 spiro atoms. The highest BCUT2D eigenvalue weighted by Crippen LogP contribution is 2.29. The van der Waals surface area contributed by atoms with Crippen LogP contribution in [0.5, 0.6) is 0 Å². The van der Waals surface area contributed by atoms with Crippen molar-refractivity contribution in [3.05, 3.63) is 30.3 Å². The van der Waals surface area contributed by atoms with E-state index in [9.17, 15) is 19.2 Å². The summed E-state index contributed by atoms with van der Waals surface area (Å²) in [6.45, 7) is 2.65. The lowest BCUT2D eigenvalue weighted by atomic mass is 9.91. The Balaban J connectivity index is 1.27. The molecule has 1 aromatic carbocycles. The van der Waals surface area contributed by atoms with Crippen LogP contribution in [0.3, 0.4) is 0 Å². The summed E-state index contributed by atoms with van der Waals surface area (Å²) in [5.41, 5.74) is 6.20. The predicted octanol–water partition coefficient (Wildman–Crippen LogP) is 1.00. The summed E-state index contributed by atoms with van der Waals surface area (Å²) in [7, 11) is 0. The number of primary amides is 1. The standard InChI is InChI=1S/C23H30N4O4/c24-21(29)16-6-10-25(11-7-16)22(30)17-8-12-26(13-9-17)23(31)18-14-20(28)27(15-18)19-4-2-1-3-5-19/h1-5,16-18H,6-15H2,(H2,24,29)/t18-/m1/s1. The average Bonchev–Trinajstić information content (AvgIpc) is 3.20. The number of carbonyl (C=O) groups is 4. The topological polar surface area (TPSA) is 104 Å². The van der Waals surface area contributed by atoms with E-state index >= 15 is 0 Å². The molecule has 1 atom stereocenters. The van der Waals surface area contributed by atoms with Gasteiger partial charge < -0.3 is 20.4 Å². The maximum Gasteiger partial charge on any atom is 0.228 e. The van der Waals surface area contributed by atoms with Gasteiger partial charge in [0.15, 0.2) is 0 Å². The van der Waals surface area contributed by atoms with Gasteiger partial charge in [-0.05, 0) is 37.8 Å². The second-order valence-electron chi connectivity index (χ2n) is 8.84. The van der Waals surface area contributed by atoms with Crippen molar-refractivity contribution in [2.75, 3.05) is 37.6 Å². The van der Waals surface area contributed by atoms with E-state index in [1.807, 2.05) is 40.1 Å². The van der Waals surface area contributed by atoms with Crippen LogP contribution < -0.4 is 10.6 Å². The fraction of sp³-hybridized carbons (Fsp3) is 0.565. The zero-order valence-corrected chi connectivity index (χ0v) is 17.7. The molecule has 3 aliphatic heterocycles. The maximum absolute atomic E-state index is 13.0. The predicted molar refractivity (Wildman–Crippen MR) is 115 cm³/mol. The Kier molecular flexibility index (Phi) is 6.25. The van der Waals surface area contributed by atoms with Crippen LogP contribution in [0.1, 0.15) is 32.1 Å². The summed E-state index contributed by atoms with van der Waals surface area (Å²) >= 11 is 0. The summed E-state index contributed by atoms with van der Waals surface area (Å²) in [6, 6.07) is 9.44. The Hall–Kier alpha value is -2.90. The highest BCUT2D eigenvalue weighted by atomic mass is 16.2. The van der Waals surface area contributed by atoms with Crippen molar-refractivity contribution in [3.63, 3.8) is 0 Å². The molecule has 0 saturated carbocycles. The Bertz CT molecular complexity index is 842. The van der Waals surface area contributed by atoms with Crippen molar-refractivity contribution in [3.8, 4) is 0 Å². The zero-order chi connectivity index (χ0) is 22.0. The zero-order valence-electron chi connectivity index (χ0n) is 17.7. The van der Waals surface area contributed by atoms with Crippen LogP contribution in [0, 0.1) is 17.8 Å². The Morgan fingerprint density at radius 1 is 0.774 bits per heavy atom. The first kappa shape index (κ1) is 21.3. The number of piperidine rings is 2. The number of rotatable bonds is 4. The lowest BCUT2D eigenvalue weighted by Crippen LogP contribution is -2.48. The van der Waals surface area contributed by atoms with Crippen LogP contribution in [0.2, 0.25) is 0 Å². The van der Waals surface area contributed by atoms with Gasteiger partial charge in [-0.15, -0.1) is 0 Å². The summed E-state index contributed by atoms with van der Waals surface area (Å²) < 4.78 is 0. The van der Waals surface area contributed by atoms with Crippen LogP contribution in [0.25, 0.3) is 0 Å². The van der Waals surface area contributed by atoms with Gasteiger partial charge >= 0.3 is 0 Å². The largest absolute Gasteiger partial charge is 0.369 e. The number of amides is 4. The van der Waals surface area contributed by atoms with E-state index in [-0.39, 0.29) is 47.8 Å². The molecule has 8 heteroatoms. The number of likely N-dealkylation sites (tertiary alicyclic amines) is 2. The third-order valence-corrected chi connectivity index (χ3v) is 6.91. The van der Waals surface area contributed by atoms with E-state index in [0.29, 0.717) is 58.4 Å². The Morgan fingerprint density at radius 2 is 1.29 bits per heavy atom. The summed E-state index contributed by atoms with van der Waals surface area (Å²) in [5, 5.41) is 0. The fourth-order valence-corrected chi connectivity index (χ4v) is 4.98. The highest BCUT2D eigenvalue weighted by molar-refractivity contribution is 6.00. The van der Waals surface area contributed by atoms with Gasteiger partial charge in [-0.25, -0.2) is 0 Å². The number of hydrogen-bond acceptors (Lipinski definition) is 4. The third-order valence-electron chi connectivity index (χ3n) is 6.91. The van der Waals surface area contributed by atoms with Crippen molar-refractivity contribution in [1.29, 1.82) is 0 Å².